The van der Waals surface area contributed by atoms with Gasteiger partial charge in [-0.3, -0.25) is 4.79 Å². The number of nitrogens with zero attached hydrogens (tertiary/aromatic N) is 1. The number of carbonyl (C=O) groups is 1. The van der Waals surface area contributed by atoms with E-state index < -0.39 is 0 Å². The van der Waals surface area contributed by atoms with Crippen LogP contribution in [0.5, 0.6) is 5.75 Å². The fourth-order valence-corrected chi connectivity index (χ4v) is 3.12. The predicted octanol–water partition coefficient (Wildman–Crippen LogP) is 4.25. The number of hydrogen-bond donors (Lipinski definition) is 1. The van der Waals surface area contributed by atoms with Gasteiger partial charge in [0.2, 0.25) is 5.91 Å². The topological polar surface area (TPSA) is 43.3 Å². The second kappa shape index (κ2) is 9.14. The molecular weight excluding hydrogens is 356 g/mol. The predicted molar refractivity (Wildman–Crippen MR) is 110 cm³/mol. The Labute approximate surface area is 164 Å². The molecule has 0 aliphatic carbocycles. The lowest BCUT2D eigenvalue weighted by Crippen LogP contribution is -2.29. The molecule has 0 aliphatic rings. The van der Waals surface area contributed by atoms with Gasteiger partial charge in [-0.2, -0.15) is 0 Å². The smallest absolute Gasteiger partial charge is 0.239 e. The Morgan fingerprint density at radius 3 is 2.41 bits per heavy atom. The van der Waals surface area contributed by atoms with E-state index >= 15 is 0 Å². The molecule has 2 aromatic carbocycles. The highest BCUT2D eigenvalue weighted by atomic mass is 32.1. The molecule has 4 nitrogen and oxygen atoms in total. The van der Waals surface area contributed by atoms with Gasteiger partial charge >= 0.3 is 0 Å². The summed E-state index contributed by atoms with van der Waals surface area (Å²) in [5, 5.41) is 2.94. The zero-order chi connectivity index (χ0) is 19.1. The highest BCUT2D eigenvalue weighted by Crippen LogP contribution is 2.19. The molecule has 0 spiro atoms. The number of carbonyl (C=O) groups excluding carboxylic acids is 1. The van der Waals surface area contributed by atoms with Gasteiger partial charge in [0.05, 0.1) is 7.11 Å². The maximum absolute atomic E-state index is 12.2. The van der Waals surface area contributed by atoms with Gasteiger partial charge in [-0.1, -0.05) is 66.8 Å². The average molecular weight is 378 g/mol. The highest BCUT2D eigenvalue weighted by molar-refractivity contribution is 7.71. The Kier molecular flexibility index (Phi) is 6.39. The van der Waals surface area contributed by atoms with E-state index in [4.69, 9.17) is 17.0 Å². The Morgan fingerprint density at radius 2 is 1.70 bits per heavy atom. The van der Waals surface area contributed by atoms with Crippen LogP contribution in [0.1, 0.15) is 5.56 Å². The fraction of sp³-hybridized carbons (Fsp3) is 0.182. The number of nitrogens with one attached hydrogen (secondary N) is 1. The average Bonchev–Trinajstić information content (AvgIpc) is 2.71. The molecule has 0 fully saturated rings. The van der Waals surface area contributed by atoms with Crippen LogP contribution in [0, 0.1) is 4.64 Å². The minimum absolute atomic E-state index is 0.0692. The molecule has 1 aromatic heterocycles. The van der Waals surface area contributed by atoms with Crippen LogP contribution in [0.3, 0.4) is 0 Å². The molecule has 138 valence electrons. The number of benzene rings is 2. The Hall–Kier alpha value is -2.92. The van der Waals surface area contributed by atoms with Crippen molar-refractivity contribution in [2.75, 3.05) is 13.7 Å². The highest BCUT2D eigenvalue weighted by Gasteiger charge is 2.05. The molecule has 3 rings (SSSR count). The lowest BCUT2D eigenvalue weighted by atomic mass is 10.0. The first-order valence-corrected chi connectivity index (χ1v) is 9.22. The Morgan fingerprint density at radius 1 is 1.00 bits per heavy atom. The quantitative estimate of drug-likeness (QED) is 0.625. The number of ether oxygens (including phenoxy) is 1. The van der Waals surface area contributed by atoms with E-state index in [1.807, 2.05) is 24.3 Å². The standard InChI is InChI=1S/C22H22N2O2S/c1-26-20-8-5-15-24(22(20)27)16-21(25)23-14-13-17-9-11-19(12-10-17)18-6-3-2-4-7-18/h2-12,15H,13-14,16H2,1H3,(H,23,25). The molecule has 0 unspecified atom stereocenters. The molecule has 1 amide bonds. The van der Waals surface area contributed by atoms with Gasteiger partial charge in [-0.15, -0.1) is 0 Å². The van der Waals surface area contributed by atoms with Crippen LogP contribution in [0.4, 0.5) is 0 Å². The third kappa shape index (κ3) is 5.05. The van der Waals surface area contributed by atoms with Crippen molar-refractivity contribution in [1.29, 1.82) is 0 Å². The van der Waals surface area contributed by atoms with Crippen LogP contribution >= 0.6 is 12.2 Å². The van der Waals surface area contributed by atoms with Crippen molar-refractivity contribution in [2.24, 2.45) is 0 Å². The molecule has 1 heterocycles. The summed E-state index contributed by atoms with van der Waals surface area (Å²) in [7, 11) is 1.57. The molecule has 0 saturated carbocycles. The van der Waals surface area contributed by atoms with E-state index in [1.165, 1.54) is 16.7 Å². The second-order valence-corrected chi connectivity index (χ2v) is 6.56. The number of rotatable bonds is 7. The normalized spacial score (nSPS) is 10.4. The van der Waals surface area contributed by atoms with Crippen LogP contribution in [0.15, 0.2) is 72.9 Å². The first-order chi connectivity index (χ1) is 13.2. The summed E-state index contributed by atoms with van der Waals surface area (Å²) in [5.74, 6) is 0.527. The van der Waals surface area contributed by atoms with E-state index in [9.17, 15) is 4.79 Å². The molecular formula is C22H22N2O2S. The number of aromatic nitrogens is 1. The van der Waals surface area contributed by atoms with Gasteiger partial charge < -0.3 is 14.6 Å². The SMILES string of the molecule is COc1cccn(CC(=O)NCCc2ccc(-c3ccccc3)cc2)c1=S. The number of amides is 1. The van der Waals surface area contributed by atoms with Crippen molar-refractivity contribution in [3.63, 3.8) is 0 Å². The third-order valence-electron chi connectivity index (χ3n) is 4.32. The van der Waals surface area contributed by atoms with E-state index in [0.717, 1.165) is 6.42 Å². The summed E-state index contributed by atoms with van der Waals surface area (Å²) < 4.78 is 7.42. The van der Waals surface area contributed by atoms with Crippen molar-refractivity contribution in [2.45, 2.75) is 13.0 Å². The lowest BCUT2D eigenvalue weighted by Gasteiger charge is -2.10. The zero-order valence-corrected chi connectivity index (χ0v) is 16.0. The lowest BCUT2D eigenvalue weighted by molar-refractivity contribution is -0.121. The van der Waals surface area contributed by atoms with Gasteiger partial charge in [0.25, 0.3) is 0 Å². The van der Waals surface area contributed by atoms with E-state index in [-0.39, 0.29) is 12.5 Å². The fourth-order valence-electron chi connectivity index (χ4n) is 2.85. The van der Waals surface area contributed by atoms with Crippen LogP contribution in [0.2, 0.25) is 0 Å². The number of pyridine rings is 1. The Balaban J connectivity index is 1.51. The summed E-state index contributed by atoms with van der Waals surface area (Å²) in [4.78, 5) is 12.2. The number of methoxy groups -OCH3 is 1. The van der Waals surface area contributed by atoms with Crippen molar-refractivity contribution in [3.8, 4) is 16.9 Å². The number of hydrogen-bond acceptors (Lipinski definition) is 3. The van der Waals surface area contributed by atoms with Gasteiger partial charge in [-0.05, 0) is 35.2 Å². The van der Waals surface area contributed by atoms with Crippen molar-refractivity contribution in [3.05, 3.63) is 83.1 Å². The maximum Gasteiger partial charge on any atom is 0.239 e. The molecule has 0 atom stereocenters. The molecule has 0 radical (unpaired) electrons. The summed E-state index contributed by atoms with van der Waals surface area (Å²) >= 11 is 5.31. The summed E-state index contributed by atoms with van der Waals surface area (Å²) in [6.07, 6.45) is 2.57. The second-order valence-electron chi connectivity index (χ2n) is 6.17. The summed E-state index contributed by atoms with van der Waals surface area (Å²) in [6, 6.07) is 22.3. The van der Waals surface area contributed by atoms with Gasteiger partial charge in [0.15, 0.2) is 5.75 Å². The molecule has 0 bridgehead atoms. The Bertz CT molecular complexity index is 950. The first kappa shape index (κ1) is 18.9. The van der Waals surface area contributed by atoms with Crippen LogP contribution in [-0.4, -0.2) is 24.1 Å². The van der Waals surface area contributed by atoms with Crippen molar-refractivity contribution >= 4 is 18.1 Å². The van der Waals surface area contributed by atoms with Gasteiger partial charge in [0.1, 0.15) is 11.2 Å². The van der Waals surface area contributed by atoms with Crippen LogP contribution in [0.25, 0.3) is 11.1 Å². The van der Waals surface area contributed by atoms with Crippen LogP contribution in [-0.2, 0) is 17.8 Å². The van der Waals surface area contributed by atoms with Crippen molar-refractivity contribution < 1.29 is 9.53 Å². The van der Waals surface area contributed by atoms with Crippen molar-refractivity contribution in [1.82, 2.24) is 9.88 Å². The van der Waals surface area contributed by atoms with E-state index in [1.54, 1.807) is 23.9 Å². The van der Waals surface area contributed by atoms with E-state index in [2.05, 4.69) is 41.7 Å². The minimum Gasteiger partial charge on any atom is -0.494 e. The minimum atomic E-state index is -0.0692. The largest absolute Gasteiger partial charge is 0.494 e. The maximum atomic E-state index is 12.2. The molecule has 5 heteroatoms. The van der Waals surface area contributed by atoms with Gasteiger partial charge in [-0.25, -0.2) is 0 Å². The third-order valence-corrected chi connectivity index (χ3v) is 4.75. The van der Waals surface area contributed by atoms with E-state index in [0.29, 0.717) is 16.9 Å². The molecule has 3 aromatic rings. The molecule has 0 saturated heterocycles. The molecule has 1 N–H and O–H groups in total. The zero-order valence-electron chi connectivity index (χ0n) is 15.2. The molecule has 0 aliphatic heterocycles. The summed E-state index contributed by atoms with van der Waals surface area (Å²) in [5.41, 5.74) is 3.58. The molecule has 27 heavy (non-hydrogen) atoms. The van der Waals surface area contributed by atoms with Gasteiger partial charge in [0, 0.05) is 12.7 Å². The summed E-state index contributed by atoms with van der Waals surface area (Å²) in [6.45, 7) is 0.768. The first-order valence-electron chi connectivity index (χ1n) is 8.82. The monoisotopic (exact) mass is 378 g/mol. The van der Waals surface area contributed by atoms with Crippen LogP contribution < -0.4 is 10.1 Å².